The highest BCUT2D eigenvalue weighted by atomic mass is 127. The predicted molar refractivity (Wildman–Crippen MR) is 130 cm³/mol. The lowest BCUT2D eigenvalue weighted by atomic mass is 10.2. The fraction of sp³-hybridized carbons (Fsp3) is 0.455. The highest BCUT2D eigenvalue weighted by Gasteiger charge is 2.20. The molecule has 0 aliphatic carbocycles. The number of guanidine groups is 1. The molecular formula is C22H31FIN5O2. The van der Waals surface area contributed by atoms with Crippen LogP contribution in [0.15, 0.2) is 52.1 Å². The van der Waals surface area contributed by atoms with Crippen LogP contribution in [0.2, 0.25) is 0 Å². The Bertz CT molecular complexity index is 836. The summed E-state index contributed by atoms with van der Waals surface area (Å²) in [5.74, 6) is 1.41. The van der Waals surface area contributed by atoms with Gasteiger partial charge in [-0.05, 0) is 29.8 Å². The summed E-state index contributed by atoms with van der Waals surface area (Å²) in [7, 11) is 3.46. The summed E-state index contributed by atoms with van der Waals surface area (Å²) < 4.78 is 18.8. The van der Waals surface area contributed by atoms with Crippen molar-refractivity contribution in [3.63, 3.8) is 0 Å². The van der Waals surface area contributed by atoms with Crippen LogP contribution in [0.5, 0.6) is 0 Å². The maximum atomic E-state index is 13.4. The van der Waals surface area contributed by atoms with Gasteiger partial charge in [-0.2, -0.15) is 0 Å². The predicted octanol–water partition coefficient (Wildman–Crippen LogP) is 2.43. The fourth-order valence-electron chi connectivity index (χ4n) is 3.32. The van der Waals surface area contributed by atoms with Gasteiger partial charge in [-0.15, -0.1) is 24.0 Å². The van der Waals surface area contributed by atoms with Gasteiger partial charge in [-0.25, -0.2) is 9.38 Å². The van der Waals surface area contributed by atoms with E-state index >= 15 is 0 Å². The lowest BCUT2D eigenvalue weighted by molar-refractivity contribution is -0.127. The smallest absolute Gasteiger partial charge is 0.243 e. The van der Waals surface area contributed by atoms with Crippen molar-refractivity contribution in [3.05, 3.63) is 59.8 Å². The average Bonchev–Trinajstić information content (AvgIpc) is 3.24. The molecule has 7 nitrogen and oxygen atoms in total. The minimum absolute atomic E-state index is 0. The van der Waals surface area contributed by atoms with Crippen molar-refractivity contribution in [3.8, 4) is 0 Å². The van der Waals surface area contributed by atoms with Crippen molar-refractivity contribution in [1.29, 1.82) is 0 Å². The Kier molecular flexibility index (Phi) is 10.3. The van der Waals surface area contributed by atoms with Crippen LogP contribution in [0, 0.1) is 5.82 Å². The van der Waals surface area contributed by atoms with Crippen molar-refractivity contribution in [1.82, 2.24) is 20.0 Å². The van der Waals surface area contributed by atoms with Gasteiger partial charge in [0.1, 0.15) is 18.1 Å². The summed E-state index contributed by atoms with van der Waals surface area (Å²) in [6.07, 6.45) is 2.41. The quantitative estimate of drug-likeness (QED) is 0.331. The van der Waals surface area contributed by atoms with Crippen LogP contribution in [-0.4, -0.2) is 79.9 Å². The van der Waals surface area contributed by atoms with E-state index in [0.717, 1.165) is 56.4 Å². The fourth-order valence-corrected chi connectivity index (χ4v) is 3.32. The van der Waals surface area contributed by atoms with Gasteiger partial charge in [0.25, 0.3) is 0 Å². The van der Waals surface area contributed by atoms with Crippen molar-refractivity contribution in [2.75, 3.05) is 53.4 Å². The lowest BCUT2D eigenvalue weighted by Crippen LogP contribution is -2.52. The van der Waals surface area contributed by atoms with Gasteiger partial charge in [0.15, 0.2) is 5.96 Å². The van der Waals surface area contributed by atoms with Crippen LogP contribution in [0.1, 0.15) is 11.3 Å². The molecule has 170 valence electrons. The standard InChI is InChI=1S/C22H30FN5O2.HI/c1-26(2)21(29)16-25-22(24-9-8-20-7-4-14-30-20)28-12-10-27(11-13-28)17-18-5-3-6-19(23)15-18;/h3-7,14-15H,8-13,16-17H2,1-2H3,(H,24,25);1H. The number of carbonyl (C=O) groups is 1. The van der Waals surface area contributed by atoms with E-state index in [0.29, 0.717) is 6.54 Å². The first-order valence-electron chi connectivity index (χ1n) is 10.2. The summed E-state index contributed by atoms with van der Waals surface area (Å²) in [5, 5.41) is 3.37. The Morgan fingerprint density at radius 1 is 1.19 bits per heavy atom. The molecule has 1 saturated heterocycles. The molecule has 9 heteroatoms. The maximum absolute atomic E-state index is 13.4. The number of likely N-dealkylation sites (N-methyl/N-ethyl adjacent to an activating group) is 1. The van der Waals surface area contributed by atoms with Crippen molar-refractivity contribution in [2.45, 2.75) is 13.0 Å². The molecule has 1 aromatic carbocycles. The van der Waals surface area contributed by atoms with Crippen molar-refractivity contribution < 1.29 is 13.6 Å². The van der Waals surface area contributed by atoms with Crippen LogP contribution < -0.4 is 5.32 Å². The SMILES string of the molecule is CN(C)C(=O)CN=C(NCCc1ccco1)N1CCN(Cc2cccc(F)c2)CC1.I. The monoisotopic (exact) mass is 543 g/mol. The summed E-state index contributed by atoms with van der Waals surface area (Å²) in [6.45, 7) is 4.78. The molecule has 1 aliphatic heterocycles. The maximum Gasteiger partial charge on any atom is 0.243 e. The van der Waals surface area contributed by atoms with Gasteiger partial charge < -0.3 is 19.5 Å². The molecule has 1 fully saturated rings. The molecule has 0 bridgehead atoms. The topological polar surface area (TPSA) is 64.3 Å². The molecule has 1 amide bonds. The Labute approximate surface area is 200 Å². The Hall–Kier alpha value is -2.14. The largest absolute Gasteiger partial charge is 0.469 e. The number of nitrogens with one attached hydrogen (secondary N) is 1. The second kappa shape index (κ2) is 12.7. The molecule has 1 N–H and O–H groups in total. The van der Waals surface area contributed by atoms with Crippen LogP contribution in [0.4, 0.5) is 4.39 Å². The lowest BCUT2D eigenvalue weighted by Gasteiger charge is -2.36. The molecule has 0 spiro atoms. The number of nitrogens with zero attached hydrogens (tertiary/aromatic N) is 4. The average molecular weight is 543 g/mol. The minimum atomic E-state index is -0.202. The minimum Gasteiger partial charge on any atom is -0.469 e. The summed E-state index contributed by atoms with van der Waals surface area (Å²) in [5.41, 5.74) is 0.977. The zero-order chi connectivity index (χ0) is 21.3. The molecule has 31 heavy (non-hydrogen) atoms. The third kappa shape index (κ3) is 8.13. The Morgan fingerprint density at radius 3 is 2.61 bits per heavy atom. The number of piperazine rings is 1. The number of rotatable bonds is 7. The van der Waals surface area contributed by atoms with Crippen LogP contribution >= 0.6 is 24.0 Å². The van der Waals surface area contributed by atoms with E-state index in [9.17, 15) is 9.18 Å². The first-order valence-corrected chi connectivity index (χ1v) is 10.2. The van der Waals surface area contributed by atoms with Gasteiger partial charge in [0, 0.05) is 59.8 Å². The highest BCUT2D eigenvalue weighted by Crippen LogP contribution is 2.10. The van der Waals surface area contributed by atoms with Crippen LogP contribution in [-0.2, 0) is 17.8 Å². The van der Waals surface area contributed by atoms with E-state index in [1.807, 2.05) is 18.2 Å². The van der Waals surface area contributed by atoms with Gasteiger partial charge >= 0.3 is 0 Å². The Balaban J connectivity index is 0.00000341. The van der Waals surface area contributed by atoms with Crippen LogP contribution in [0.25, 0.3) is 0 Å². The summed E-state index contributed by atoms with van der Waals surface area (Å²) >= 11 is 0. The van der Waals surface area contributed by atoms with Gasteiger partial charge in [0.05, 0.1) is 6.26 Å². The van der Waals surface area contributed by atoms with Crippen molar-refractivity contribution in [2.24, 2.45) is 4.99 Å². The van der Waals surface area contributed by atoms with Gasteiger partial charge in [-0.3, -0.25) is 9.69 Å². The van der Waals surface area contributed by atoms with E-state index in [1.165, 1.54) is 6.07 Å². The van der Waals surface area contributed by atoms with E-state index < -0.39 is 0 Å². The first kappa shape index (κ1) is 25.1. The summed E-state index contributed by atoms with van der Waals surface area (Å²) in [6, 6.07) is 10.6. The number of amides is 1. The molecule has 0 saturated carbocycles. The first-order chi connectivity index (χ1) is 14.5. The highest BCUT2D eigenvalue weighted by molar-refractivity contribution is 14.0. The number of aliphatic imine (C=N–C) groups is 1. The molecular weight excluding hydrogens is 512 g/mol. The molecule has 2 aromatic rings. The molecule has 1 aromatic heterocycles. The number of hydrogen-bond donors (Lipinski definition) is 1. The second-order valence-corrected chi connectivity index (χ2v) is 7.58. The molecule has 0 atom stereocenters. The van der Waals surface area contributed by atoms with E-state index in [-0.39, 0.29) is 42.2 Å². The number of benzene rings is 1. The van der Waals surface area contributed by atoms with E-state index in [4.69, 9.17) is 4.42 Å². The zero-order valence-corrected chi connectivity index (χ0v) is 20.4. The molecule has 0 radical (unpaired) electrons. The number of carbonyl (C=O) groups excluding carboxylic acids is 1. The van der Waals surface area contributed by atoms with E-state index in [2.05, 4.69) is 20.1 Å². The Morgan fingerprint density at radius 2 is 1.97 bits per heavy atom. The third-order valence-corrected chi connectivity index (χ3v) is 5.06. The van der Waals surface area contributed by atoms with Crippen LogP contribution in [0.3, 0.4) is 0 Å². The third-order valence-electron chi connectivity index (χ3n) is 5.06. The molecule has 3 rings (SSSR count). The molecule has 2 heterocycles. The normalized spacial score (nSPS) is 14.8. The number of furan rings is 1. The summed E-state index contributed by atoms with van der Waals surface area (Å²) in [4.78, 5) is 22.6. The van der Waals surface area contributed by atoms with Gasteiger partial charge in [-0.1, -0.05) is 12.1 Å². The van der Waals surface area contributed by atoms with E-state index in [1.54, 1.807) is 37.4 Å². The molecule has 1 aliphatic rings. The number of hydrogen-bond acceptors (Lipinski definition) is 4. The second-order valence-electron chi connectivity index (χ2n) is 7.58. The number of halogens is 2. The van der Waals surface area contributed by atoms with Crippen molar-refractivity contribution >= 4 is 35.8 Å². The molecule has 0 unspecified atom stereocenters. The van der Waals surface area contributed by atoms with Gasteiger partial charge in [0.2, 0.25) is 5.91 Å². The zero-order valence-electron chi connectivity index (χ0n) is 18.1.